The van der Waals surface area contributed by atoms with Gasteiger partial charge in [-0.3, -0.25) is 0 Å². The van der Waals surface area contributed by atoms with Crippen LogP contribution in [0, 0.1) is 0 Å². The van der Waals surface area contributed by atoms with Crippen LogP contribution in [0.5, 0.6) is 0 Å². The molecule has 1 N–H and O–H groups in total. The van der Waals surface area contributed by atoms with E-state index in [2.05, 4.69) is 17.1 Å². The zero-order valence-electron chi connectivity index (χ0n) is 10.7. The molecule has 0 bridgehead atoms. The molecular weight excluding hydrogens is 204 g/mol. The number of nitrogens with one attached hydrogen (secondary N) is 1. The van der Waals surface area contributed by atoms with Crippen LogP contribution in [0.3, 0.4) is 0 Å². The quantitative estimate of drug-likeness (QED) is 0.666. The van der Waals surface area contributed by atoms with E-state index < -0.39 is 0 Å². The highest BCUT2D eigenvalue weighted by molar-refractivity contribution is 4.70. The Hall–Kier alpha value is -0.160. The van der Waals surface area contributed by atoms with Crippen molar-refractivity contribution in [1.29, 1.82) is 0 Å². The summed E-state index contributed by atoms with van der Waals surface area (Å²) in [5.74, 6) is 0. The van der Waals surface area contributed by atoms with E-state index in [0.717, 1.165) is 58.8 Å². The first-order valence-electron chi connectivity index (χ1n) is 6.39. The van der Waals surface area contributed by atoms with Crippen molar-refractivity contribution in [3.63, 3.8) is 0 Å². The molecule has 0 atom stereocenters. The predicted molar refractivity (Wildman–Crippen MR) is 65.8 cm³/mol. The summed E-state index contributed by atoms with van der Waals surface area (Å²) in [4.78, 5) is 2.41. The first-order chi connectivity index (χ1) is 7.86. The van der Waals surface area contributed by atoms with Gasteiger partial charge in [-0.05, 0) is 19.4 Å². The lowest BCUT2D eigenvalue weighted by Gasteiger charge is -2.25. The molecule has 1 rings (SSSR count). The Bertz CT molecular complexity index is 161. The van der Waals surface area contributed by atoms with Crippen molar-refractivity contribution in [3.8, 4) is 0 Å². The lowest BCUT2D eigenvalue weighted by Crippen LogP contribution is -2.40. The third-order valence-corrected chi connectivity index (χ3v) is 3.14. The molecule has 4 heteroatoms. The maximum Gasteiger partial charge on any atom is 0.0589 e. The standard InChI is InChI=1S/C12H26N2O2/c1-3-14(8-11-15-2)7-6-13-12-4-9-16-10-5-12/h12-13H,3-11H2,1-2H3. The van der Waals surface area contributed by atoms with E-state index in [4.69, 9.17) is 9.47 Å². The van der Waals surface area contributed by atoms with Crippen molar-refractivity contribution in [2.45, 2.75) is 25.8 Å². The number of hydrogen-bond acceptors (Lipinski definition) is 4. The molecule has 0 amide bonds. The monoisotopic (exact) mass is 230 g/mol. The normalized spacial score (nSPS) is 18.2. The van der Waals surface area contributed by atoms with Crippen LogP contribution in [0.15, 0.2) is 0 Å². The molecule has 0 unspecified atom stereocenters. The Balaban J connectivity index is 2.02. The summed E-state index contributed by atoms with van der Waals surface area (Å²) in [6, 6.07) is 0.662. The summed E-state index contributed by atoms with van der Waals surface area (Å²) >= 11 is 0. The van der Waals surface area contributed by atoms with Gasteiger partial charge in [0.05, 0.1) is 6.61 Å². The predicted octanol–water partition coefficient (Wildman–Crippen LogP) is 0.723. The summed E-state index contributed by atoms with van der Waals surface area (Å²) in [6.07, 6.45) is 2.31. The van der Waals surface area contributed by atoms with Gasteiger partial charge < -0.3 is 19.7 Å². The minimum Gasteiger partial charge on any atom is -0.383 e. The van der Waals surface area contributed by atoms with Gasteiger partial charge in [0.25, 0.3) is 0 Å². The second-order valence-corrected chi connectivity index (χ2v) is 4.27. The molecule has 1 heterocycles. The Labute approximate surface area is 99.3 Å². The molecule has 0 aliphatic carbocycles. The number of rotatable bonds is 8. The zero-order valence-corrected chi connectivity index (χ0v) is 10.7. The lowest BCUT2D eigenvalue weighted by atomic mass is 10.1. The highest BCUT2D eigenvalue weighted by atomic mass is 16.5. The van der Waals surface area contributed by atoms with Gasteiger partial charge in [-0.15, -0.1) is 0 Å². The van der Waals surface area contributed by atoms with Crippen LogP contribution in [-0.4, -0.2) is 64.1 Å². The third kappa shape index (κ3) is 5.80. The average Bonchev–Trinajstić information content (AvgIpc) is 2.35. The van der Waals surface area contributed by atoms with Crippen LogP contribution >= 0.6 is 0 Å². The Kier molecular flexibility index (Phi) is 7.76. The van der Waals surface area contributed by atoms with E-state index in [1.54, 1.807) is 7.11 Å². The summed E-state index contributed by atoms with van der Waals surface area (Å²) in [7, 11) is 1.76. The van der Waals surface area contributed by atoms with Gasteiger partial charge in [0.2, 0.25) is 0 Å². The summed E-state index contributed by atoms with van der Waals surface area (Å²) in [5, 5.41) is 3.60. The van der Waals surface area contributed by atoms with Crippen molar-refractivity contribution in [3.05, 3.63) is 0 Å². The van der Waals surface area contributed by atoms with Gasteiger partial charge in [-0.1, -0.05) is 6.92 Å². The largest absolute Gasteiger partial charge is 0.383 e. The van der Waals surface area contributed by atoms with Gasteiger partial charge in [-0.2, -0.15) is 0 Å². The summed E-state index contributed by atoms with van der Waals surface area (Å²) in [5.41, 5.74) is 0. The van der Waals surface area contributed by atoms with Crippen LogP contribution in [0.4, 0.5) is 0 Å². The molecule has 1 aliphatic heterocycles. The smallest absolute Gasteiger partial charge is 0.0589 e. The van der Waals surface area contributed by atoms with Crippen molar-refractivity contribution in [2.24, 2.45) is 0 Å². The molecule has 0 saturated carbocycles. The van der Waals surface area contributed by atoms with Crippen LogP contribution in [0.25, 0.3) is 0 Å². The van der Waals surface area contributed by atoms with E-state index >= 15 is 0 Å². The Morgan fingerprint density at radius 3 is 2.69 bits per heavy atom. The van der Waals surface area contributed by atoms with Crippen molar-refractivity contribution >= 4 is 0 Å². The van der Waals surface area contributed by atoms with Gasteiger partial charge in [0.1, 0.15) is 0 Å². The van der Waals surface area contributed by atoms with E-state index in [1.807, 2.05) is 0 Å². The molecule has 1 fully saturated rings. The van der Waals surface area contributed by atoms with Crippen molar-refractivity contribution in [1.82, 2.24) is 10.2 Å². The van der Waals surface area contributed by atoms with Gasteiger partial charge >= 0.3 is 0 Å². The molecule has 0 radical (unpaired) electrons. The van der Waals surface area contributed by atoms with Crippen molar-refractivity contribution in [2.75, 3.05) is 53.1 Å². The first-order valence-corrected chi connectivity index (χ1v) is 6.39. The highest BCUT2D eigenvalue weighted by Crippen LogP contribution is 2.05. The maximum atomic E-state index is 5.33. The number of nitrogens with zero attached hydrogens (tertiary/aromatic N) is 1. The van der Waals surface area contributed by atoms with E-state index in [-0.39, 0.29) is 0 Å². The zero-order chi connectivity index (χ0) is 11.6. The fourth-order valence-corrected chi connectivity index (χ4v) is 1.98. The second kappa shape index (κ2) is 8.93. The molecule has 0 aromatic heterocycles. The van der Waals surface area contributed by atoms with E-state index in [9.17, 15) is 0 Å². The molecule has 0 spiro atoms. The number of ether oxygens (including phenoxy) is 2. The topological polar surface area (TPSA) is 33.7 Å². The number of likely N-dealkylation sites (N-methyl/N-ethyl adjacent to an activating group) is 1. The Morgan fingerprint density at radius 1 is 1.31 bits per heavy atom. The molecular formula is C12H26N2O2. The minimum absolute atomic E-state index is 0.662. The lowest BCUT2D eigenvalue weighted by molar-refractivity contribution is 0.0768. The van der Waals surface area contributed by atoms with Gasteiger partial charge in [0.15, 0.2) is 0 Å². The third-order valence-electron chi connectivity index (χ3n) is 3.14. The number of hydrogen-bond donors (Lipinski definition) is 1. The highest BCUT2D eigenvalue weighted by Gasteiger charge is 2.12. The molecule has 0 aromatic rings. The number of methoxy groups -OCH3 is 1. The molecule has 0 aromatic carbocycles. The van der Waals surface area contributed by atoms with Crippen LogP contribution in [0.1, 0.15) is 19.8 Å². The van der Waals surface area contributed by atoms with Gasteiger partial charge in [0, 0.05) is 46.0 Å². The van der Waals surface area contributed by atoms with Crippen LogP contribution in [-0.2, 0) is 9.47 Å². The molecule has 1 saturated heterocycles. The fraction of sp³-hybridized carbons (Fsp3) is 1.00. The Morgan fingerprint density at radius 2 is 2.06 bits per heavy atom. The molecule has 1 aliphatic rings. The fourth-order valence-electron chi connectivity index (χ4n) is 1.98. The summed E-state index contributed by atoms with van der Waals surface area (Å²) < 4.78 is 10.4. The molecule has 4 nitrogen and oxygen atoms in total. The SMILES string of the molecule is CCN(CCNC1CCOCC1)CCOC. The summed E-state index contributed by atoms with van der Waals surface area (Å²) in [6.45, 7) is 9.16. The van der Waals surface area contributed by atoms with Crippen LogP contribution in [0.2, 0.25) is 0 Å². The maximum absolute atomic E-state index is 5.33. The van der Waals surface area contributed by atoms with E-state index in [0.29, 0.717) is 6.04 Å². The van der Waals surface area contributed by atoms with Crippen molar-refractivity contribution < 1.29 is 9.47 Å². The first kappa shape index (κ1) is 13.9. The average molecular weight is 230 g/mol. The van der Waals surface area contributed by atoms with E-state index in [1.165, 1.54) is 0 Å². The minimum atomic E-state index is 0.662. The molecule has 16 heavy (non-hydrogen) atoms. The molecule has 96 valence electrons. The second-order valence-electron chi connectivity index (χ2n) is 4.27. The van der Waals surface area contributed by atoms with Crippen LogP contribution < -0.4 is 5.32 Å². The van der Waals surface area contributed by atoms with Gasteiger partial charge in [-0.25, -0.2) is 0 Å².